The summed E-state index contributed by atoms with van der Waals surface area (Å²) < 4.78 is 1.87. The van der Waals surface area contributed by atoms with E-state index in [2.05, 4.69) is 5.32 Å². The number of likely N-dealkylation sites (N-methyl/N-ethyl adjacent to an activating group) is 1. The van der Waals surface area contributed by atoms with Gasteiger partial charge < -0.3 is 9.88 Å². The van der Waals surface area contributed by atoms with E-state index in [9.17, 15) is 4.79 Å². The molecule has 5 heteroatoms. The molecule has 1 N–H and O–H groups in total. The molecule has 1 amide bonds. The minimum absolute atomic E-state index is 0.0569. The average Bonchev–Trinajstić information content (AvgIpc) is 2.93. The summed E-state index contributed by atoms with van der Waals surface area (Å²) in [5.74, 6) is -0.406. The lowest BCUT2D eigenvalue weighted by Crippen LogP contribution is -2.19. The molecule has 0 aliphatic carbocycles. The lowest BCUT2D eigenvalue weighted by atomic mass is 10.2. The number of amides is 1. The van der Waals surface area contributed by atoms with E-state index in [0.29, 0.717) is 5.02 Å². The van der Waals surface area contributed by atoms with Crippen LogP contribution in [-0.2, 0) is 4.79 Å². The summed E-state index contributed by atoms with van der Waals surface area (Å²) >= 11 is 5.86. The van der Waals surface area contributed by atoms with E-state index in [-0.39, 0.29) is 5.57 Å². The molecule has 1 aromatic heterocycles. The molecule has 0 unspecified atom stereocenters. The number of hydrogen-bond donors (Lipinski definition) is 1. The number of nitriles is 1. The van der Waals surface area contributed by atoms with Gasteiger partial charge in [-0.3, -0.25) is 4.79 Å². The summed E-state index contributed by atoms with van der Waals surface area (Å²) in [6, 6.07) is 12.9. The minimum Gasteiger partial charge on any atom is -0.354 e. The molecule has 1 heterocycles. The predicted molar refractivity (Wildman–Crippen MR) is 78.4 cm³/mol. The molecule has 0 spiro atoms. The highest BCUT2D eigenvalue weighted by molar-refractivity contribution is 6.30. The summed E-state index contributed by atoms with van der Waals surface area (Å²) in [6.45, 7) is 0. The molecule has 0 saturated carbocycles. The van der Waals surface area contributed by atoms with Gasteiger partial charge in [0.25, 0.3) is 5.91 Å². The van der Waals surface area contributed by atoms with E-state index in [1.165, 1.54) is 7.05 Å². The number of rotatable bonds is 3. The molecular weight excluding hydrogens is 274 g/mol. The van der Waals surface area contributed by atoms with Gasteiger partial charge in [-0.2, -0.15) is 5.26 Å². The molecule has 2 rings (SSSR count). The third-order valence-corrected chi connectivity index (χ3v) is 3.02. The van der Waals surface area contributed by atoms with E-state index >= 15 is 0 Å². The van der Waals surface area contributed by atoms with Crippen molar-refractivity contribution in [3.8, 4) is 11.8 Å². The van der Waals surface area contributed by atoms with Gasteiger partial charge in [0.2, 0.25) is 0 Å². The largest absolute Gasteiger partial charge is 0.354 e. The summed E-state index contributed by atoms with van der Waals surface area (Å²) in [6.07, 6.45) is 3.40. The van der Waals surface area contributed by atoms with Crippen molar-refractivity contribution < 1.29 is 4.79 Å². The molecule has 0 radical (unpaired) electrons. The van der Waals surface area contributed by atoms with Crippen molar-refractivity contribution >= 4 is 23.6 Å². The van der Waals surface area contributed by atoms with Crippen molar-refractivity contribution in [2.75, 3.05) is 7.05 Å². The van der Waals surface area contributed by atoms with Crippen molar-refractivity contribution in [2.45, 2.75) is 0 Å². The lowest BCUT2D eigenvalue weighted by Gasteiger charge is -2.07. The van der Waals surface area contributed by atoms with E-state index in [1.807, 2.05) is 41.1 Å². The van der Waals surface area contributed by atoms with E-state index in [1.54, 1.807) is 18.2 Å². The first-order valence-corrected chi connectivity index (χ1v) is 6.30. The Kier molecular flexibility index (Phi) is 4.24. The fourth-order valence-corrected chi connectivity index (χ4v) is 1.91. The Hall–Kier alpha value is -2.51. The smallest absolute Gasteiger partial charge is 0.261 e. The minimum atomic E-state index is -0.406. The van der Waals surface area contributed by atoms with Crippen LogP contribution in [0.3, 0.4) is 0 Å². The molecule has 4 nitrogen and oxygen atoms in total. The topological polar surface area (TPSA) is 57.8 Å². The zero-order valence-corrected chi connectivity index (χ0v) is 11.6. The highest BCUT2D eigenvalue weighted by Crippen LogP contribution is 2.18. The van der Waals surface area contributed by atoms with Crippen LogP contribution in [-0.4, -0.2) is 17.5 Å². The molecule has 0 saturated heterocycles. The summed E-state index contributed by atoms with van der Waals surface area (Å²) in [7, 11) is 1.49. The van der Waals surface area contributed by atoms with Crippen molar-refractivity contribution in [2.24, 2.45) is 0 Å². The highest BCUT2D eigenvalue weighted by atomic mass is 35.5. The first kappa shape index (κ1) is 13.9. The van der Waals surface area contributed by atoms with E-state index in [4.69, 9.17) is 16.9 Å². The van der Waals surface area contributed by atoms with E-state index in [0.717, 1.165) is 11.4 Å². The van der Waals surface area contributed by atoms with Crippen LogP contribution in [0.1, 0.15) is 5.69 Å². The quantitative estimate of drug-likeness (QED) is 0.696. The van der Waals surface area contributed by atoms with Crippen LogP contribution >= 0.6 is 11.6 Å². The average molecular weight is 286 g/mol. The van der Waals surface area contributed by atoms with Crippen LogP contribution in [0.2, 0.25) is 5.02 Å². The van der Waals surface area contributed by atoms with Crippen molar-refractivity contribution in [3.63, 3.8) is 0 Å². The molecule has 0 fully saturated rings. The second-order valence-corrected chi connectivity index (χ2v) is 4.46. The maximum absolute atomic E-state index is 11.5. The SMILES string of the molecule is CNC(=O)C(C#N)=Cc1cccn1-c1ccc(Cl)cc1. The molecule has 100 valence electrons. The normalized spacial score (nSPS) is 10.9. The summed E-state index contributed by atoms with van der Waals surface area (Å²) in [5, 5.41) is 12.1. The Morgan fingerprint density at radius 2 is 2.05 bits per heavy atom. The molecular formula is C15H12ClN3O. The zero-order chi connectivity index (χ0) is 14.5. The Bertz CT molecular complexity index is 693. The third kappa shape index (κ3) is 2.90. The number of aromatic nitrogens is 1. The second kappa shape index (κ2) is 6.09. The van der Waals surface area contributed by atoms with Gasteiger partial charge in [0.1, 0.15) is 11.6 Å². The van der Waals surface area contributed by atoms with Crippen molar-refractivity contribution in [3.05, 3.63) is 58.9 Å². The summed E-state index contributed by atoms with van der Waals surface area (Å²) in [4.78, 5) is 11.5. The second-order valence-electron chi connectivity index (χ2n) is 4.03. The molecule has 0 atom stereocenters. The number of hydrogen-bond acceptors (Lipinski definition) is 2. The Labute approximate surface area is 121 Å². The number of carbonyl (C=O) groups excluding carboxylic acids is 1. The van der Waals surface area contributed by atoms with Crippen LogP contribution in [0.25, 0.3) is 11.8 Å². The predicted octanol–water partition coefficient (Wildman–Crippen LogP) is 2.78. The van der Waals surface area contributed by atoms with Crippen LogP contribution < -0.4 is 5.32 Å². The Morgan fingerprint density at radius 1 is 1.35 bits per heavy atom. The van der Waals surface area contributed by atoms with Gasteiger partial charge in [0, 0.05) is 29.6 Å². The van der Waals surface area contributed by atoms with Gasteiger partial charge in [-0.1, -0.05) is 11.6 Å². The molecule has 1 aromatic carbocycles. The number of nitrogens with one attached hydrogen (secondary N) is 1. The Morgan fingerprint density at radius 3 is 2.65 bits per heavy atom. The fourth-order valence-electron chi connectivity index (χ4n) is 1.78. The van der Waals surface area contributed by atoms with Gasteiger partial charge in [-0.05, 0) is 42.5 Å². The van der Waals surface area contributed by atoms with Gasteiger partial charge in [0.15, 0.2) is 0 Å². The number of nitrogens with zero attached hydrogens (tertiary/aromatic N) is 2. The van der Waals surface area contributed by atoms with Gasteiger partial charge in [0.05, 0.1) is 0 Å². The van der Waals surface area contributed by atoms with Crippen LogP contribution in [0, 0.1) is 11.3 Å². The van der Waals surface area contributed by atoms with Gasteiger partial charge in [-0.25, -0.2) is 0 Å². The summed E-state index contributed by atoms with van der Waals surface area (Å²) in [5.41, 5.74) is 1.70. The number of halogens is 1. The number of benzene rings is 1. The standard InChI is InChI=1S/C15H12ClN3O/c1-18-15(20)11(10-17)9-14-3-2-8-19(14)13-6-4-12(16)5-7-13/h2-9H,1H3,(H,18,20). The third-order valence-electron chi connectivity index (χ3n) is 2.77. The molecule has 2 aromatic rings. The van der Waals surface area contributed by atoms with Crippen LogP contribution in [0.15, 0.2) is 48.2 Å². The first-order chi connectivity index (χ1) is 9.65. The highest BCUT2D eigenvalue weighted by Gasteiger charge is 2.08. The molecule has 0 bridgehead atoms. The van der Waals surface area contributed by atoms with Crippen LogP contribution in [0.5, 0.6) is 0 Å². The van der Waals surface area contributed by atoms with Crippen LogP contribution in [0.4, 0.5) is 0 Å². The van der Waals surface area contributed by atoms with Gasteiger partial charge >= 0.3 is 0 Å². The first-order valence-electron chi connectivity index (χ1n) is 5.93. The lowest BCUT2D eigenvalue weighted by molar-refractivity contribution is -0.116. The van der Waals surface area contributed by atoms with Crippen molar-refractivity contribution in [1.82, 2.24) is 9.88 Å². The monoisotopic (exact) mass is 285 g/mol. The van der Waals surface area contributed by atoms with Gasteiger partial charge in [-0.15, -0.1) is 0 Å². The molecule has 0 aliphatic heterocycles. The number of carbonyl (C=O) groups is 1. The van der Waals surface area contributed by atoms with Crippen molar-refractivity contribution in [1.29, 1.82) is 5.26 Å². The fraction of sp³-hybridized carbons (Fsp3) is 0.0667. The Balaban J connectivity index is 2.43. The maximum atomic E-state index is 11.5. The molecule has 20 heavy (non-hydrogen) atoms. The van der Waals surface area contributed by atoms with E-state index < -0.39 is 5.91 Å². The zero-order valence-electron chi connectivity index (χ0n) is 10.8. The molecule has 0 aliphatic rings. The maximum Gasteiger partial charge on any atom is 0.261 e.